The summed E-state index contributed by atoms with van der Waals surface area (Å²) < 4.78 is 32.9. The third-order valence-electron chi connectivity index (χ3n) is 5.59. The first-order chi connectivity index (χ1) is 18.1. The second kappa shape index (κ2) is 11.0. The standard InChI is InChI=1S/C23H20ClN5O8S/c24-18-3-1-2-4-19(18)26-38(35,36)17-7-5-16(6-8-17)25-23(30)15-13-20(28(31)32)22(21(14-15)29(33)34)27-9-11-37-12-10-27/h1-8,13-14,26H,9-12H2,(H,25,30). The van der Waals surface area contributed by atoms with Crippen molar-refractivity contribution in [2.75, 3.05) is 41.2 Å². The quantitative estimate of drug-likeness (QED) is 0.303. The van der Waals surface area contributed by atoms with Crippen LogP contribution in [0.1, 0.15) is 10.4 Å². The molecule has 15 heteroatoms. The van der Waals surface area contributed by atoms with Crippen LogP contribution in [0.5, 0.6) is 0 Å². The van der Waals surface area contributed by atoms with Crippen molar-refractivity contribution >= 4 is 56.0 Å². The molecule has 0 unspecified atom stereocenters. The van der Waals surface area contributed by atoms with Gasteiger partial charge < -0.3 is 15.0 Å². The summed E-state index contributed by atoms with van der Waals surface area (Å²) in [7, 11) is -3.99. The number of amides is 1. The SMILES string of the molecule is O=C(Nc1ccc(S(=O)(=O)Nc2ccccc2Cl)cc1)c1cc([N+](=O)[O-])c(N2CCOCC2)c([N+](=O)[O-])c1. The summed E-state index contributed by atoms with van der Waals surface area (Å²) in [6.07, 6.45) is 0. The molecule has 1 heterocycles. The molecule has 1 saturated heterocycles. The van der Waals surface area contributed by atoms with Crippen molar-refractivity contribution in [3.63, 3.8) is 0 Å². The fourth-order valence-corrected chi connectivity index (χ4v) is 5.11. The van der Waals surface area contributed by atoms with Gasteiger partial charge in [-0.3, -0.25) is 29.7 Å². The molecule has 38 heavy (non-hydrogen) atoms. The van der Waals surface area contributed by atoms with Gasteiger partial charge in [0.25, 0.3) is 27.3 Å². The maximum absolute atomic E-state index is 12.9. The van der Waals surface area contributed by atoms with E-state index in [0.717, 1.165) is 12.1 Å². The first kappa shape index (κ1) is 26.8. The van der Waals surface area contributed by atoms with Gasteiger partial charge in [0.15, 0.2) is 5.69 Å². The third kappa shape index (κ3) is 5.82. The van der Waals surface area contributed by atoms with E-state index < -0.39 is 37.2 Å². The van der Waals surface area contributed by atoms with Gasteiger partial charge >= 0.3 is 0 Å². The van der Waals surface area contributed by atoms with Crippen LogP contribution in [0.2, 0.25) is 5.02 Å². The Bertz CT molecular complexity index is 1470. The summed E-state index contributed by atoms with van der Waals surface area (Å²) >= 11 is 6.01. The van der Waals surface area contributed by atoms with Crippen LogP contribution < -0.4 is 14.9 Å². The van der Waals surface area contributed by atoms with E-state index in [1.807, 2.05) is 0 Å². The Kier molecular flexibility index (Phi) is 7.75. The highest BCUT2D eigenvalue weighted by Crippen LogP contribution is 2.39. The lowest BCUT2D eigenvalue weighted by Gasteiger charge is -2.28. The zero-order valence-electron chi connectivity index (χ0n) is 19.5. The summed E-state index contributed by atoms with van der Waals surface area (Å²) in [4.78, 5) is 36.2. The number of nitrogens with one attached hydrogen (secondary N) is 2. The summed E-state index contributed by atoms with van der Waals surface area (Å²) in [5, 5.41) is 26.2. The lowest BCUT2D eigenvalue weighted by atomic mass is 10.1. The molecule has 1 aliphatic heterocycles. The van der Waals surface area contributed by atoms with Crippen molar-refractivity contribution in [1.29, 1.82) is 0 Å². The van der Waals surface area contributed by atoms with Gasteiger partial charge in [-0.1, -0.05) is 23.7 Å². The number of carbonyl (C=O) groups is 1. The van der Waals surface area contributed by atoms with Gasteiger partial charge in [0.1, 0.15) is 0 Å². The number of nitrogens with zero attached hydrogens (tertiary/aromatic N) is 3. The number of ether oxygens (including phenoxy) is 1. The number of rotatable bonds is 8. The van der Waals surface area contributed by atoms with Crippen molar-refractivity contribution in [3.05, 3.63) is 91.5 Å². The van der Waals surface area contributed by atoms with E-state index in [2.05, 4.69) is 10.0 Å². The number of hydrogen-bond acceptors (Lipinski definition) is 9. The van der Waals surface area contributed by atoms with E-state index in [9.17, 15) is 33.4 Å². The number of benzene rings is 3. The predicted molar refractivity (Wildman–Crippen MR) is 139 cm³/mol. The number of sulfonamides is 1. The summed E-state index contributed by atoms with van der Waals surface area (Å²) in [5.41, 5.74) is -1.32. The third-order valence-corrected chi connectivity index (χ3v) is 7.30. The van der Waals surface area contributed by atoms with Gasteiger partial charge in [0.2, 0.25) is 0 Å². The van der Waals surface area contributed by atoms with Gasteiger partial charge in [-0.05, 0) is 36.4 Å². The molecule has 0 aliphatic carbocycles. The second-order valence-corrected chi connectivity index (χ2v) is 10.1. The van der Waals surface area contributed by atoms with Crippen LogP contribution >= 0.6 is 11.6 Å². The number of morpholine rings is 1. The van der Waals surface area contributed by atoms with Crippen molar-refractivity contribution in [2.24, 2.45) is 0 Å². The average Bonchev–Trinajstić information content (AvgIpc) is 2.90. The lowest BCUT2D eigenvalue weighted by Crippen LogP contribution is -2.37. The lowest BCUT2D eigenvalue weighted by molar-refractivity contribution is -0.392. The topological polar surface area (TPSA) is 174 Å². The first-order valence-electron chi connectivity index (χ1n) is 11.0. The molecule has 198 valence electrons. The van der Waals surface area contributed by atoms with Crippen LogP contribution in [0.15, 0.2) is 65.6 Å². The van der Waals surface area contributed by atoms with Crippen molar-refractivity contribution in [3.8, 4) is 0 Å². The first-order valence-corrected chi connectivity index (χ1v) is 12.9. The number of para-hydroxylation sites is 1. The molecule has 0 saturated carbocycles. The predicted octanol–water partition coefficient (Wildman–Crippen LogP) is 4.05. The molecule has 0 radical (unpaired) electrons. The van der Waals surface area contributed by atoms with Crippen LogP contribution in [-0.4, -0.2) is 50.5 Å². The minimum atomic E-state index is -3.99. The average molecular weight is 562 g/mol. The van der Waals surface area contributed by atoms with Crippen LogP contribution in [-0.2, 0) is 14.8 Å². The normalized spacial score (nSPS) is 13.6. The molecule has 3 aromatic carbocycles. The van der Waals surface area contributed by atoms with E-state index in [1.54, 1.807) is 12.1 Å². The summed E-state index contributed by atoms with van der Waals surface area (Å²) in [6, 6.07) is 13.3. The van der Waals surface area contributed by atoms with Gasteiger partial charge in [0.05, 0.1) is 44.2 Å². The fraction of sp³-hybridized carbons (Fsp3) is 0.174. The summed E-state index contributed by atoms with van der Waals surface area (Å²) in [5.74, 6) is -0.852. The number of nitro groups is 2. The van der Waals surface area contributed by atoms with E-state index in [1.165, 1.54) is 41.3 Å². The smallest absolute Gasteiger partial charge is 0.300 e. The molecule has 4 rings (SSSR count). The van der Waals surface area contributed by atoms with Crippen molar-refractivity contribution < 1.29 is 27.8 Å². The minimum Gasteiger partial charge on any atom is -0.378 e. The zero-order valence-corrected chi connectivity index (χ0v) is 21.1. The Morgan fingerprint density at radius 1 is 0.947 bits per heavy atom. The molecule has 2 N–H and O–H groups in total. The highest BCUT2D eigenvalue weighted by molar-refractivity contribution is 7.92. The van der Waals surface area contributed by atoms with E-state index in [-0.39, 0.29) is 58.8 Å². The molecule has 1 amide bonds. The Hall–Kier alpha value is -4.27. The Morgan fingerprint density at radius 2 is 1.53 bits per heavy atom. The Morgan fingerprint density at radius 3 is 2.08 bits per heavy atom. The molecule has 0 bridgehead atoms. The van der Waals surface area contributed by atoms with E-state index >= 15 is 0 Å². The number of anilines is 3. The molecule has 0 spiro atoms. The molecule has 3 aromatic rings. The maximum atomic E-state index is 12.9. The Balaban J connectivity index is 1.58. The molecule has 1 aliphatic rings. The van der Waals surface area contributed by atoms with Crippen LogP contribution in [0.25, 0.3) is 0 Å². The molecule has 0 aromatic heterocycles. The molecule has 1 fully saturated rings. The zero-order chi connectivity index (χ0) is 27.4. The number of carbonyl (C=O) groups excluding carboxylic acids is 1. The monoisotopic (exact) mass is 561 g/mol. The summed E-state index contributed by atoms with van der Waals surface area (Å²) in [6.45, 7) is 0.925. The van der Waals surface area contributed by atoms with Crippen LogP contribution in [0.4, 0.5) is 28.4 Å². The van der Waals surface area contributed by atoms with Gasteiger partial charge in [-0.2, -0.15) is 0 Å². The van der Waals surface area contributed by atoms with Gasteiger partial charge in [-0.25, -0.2) is 8.42 Å². The van der Waals surface area contributed by atoms with E-state index in [0.29, 0.717) is 0 Å². The highest BCUT2D eigenvalue weighted by atomic mass is 35.5. The van der Waals surface area contributed by atoms with Crippen LogP contribution in [0, 0.1) is 20.2 Å². The van der Waals surface area contributed by atoms with Gasteiger partial charge in [-0.15, -0.1) is 0 Å². The highest BCUT2D eigenvalue weighted by Gasteiger charge is 2.33. The Labute approximate surface area is 221 Å². The molecule has 0 atom stereocenters. The number of nitro benzene ring substituents is 2. The molecular weight excluding hydrogens is 542 g/mol. The molecular formula is C23H20ClN5O8S. The largest absolute Gasteiger partial charge is 0.378 e. The van der Waals surface area contributed by atoms with Crippen LogP contribution in [0.3, 0.4) is 0 Å². The van der Waals surface area contributed by atoms with Gasteiger partial charge in [0, 0.05) is 30.9 Å². The van der Waals surface area contributed by atoms with Crippen molar-refractivity contribution in [2.45, 2.75) is 4.90 Å². The number of halogens is 1. The number of hydrogen-bond donors (Lipinski definition) is 2. The minimum absolute atomic E-state index is 0.114. The molecule has 13 nitrogen and oxygen atoms in total. The fourth-order valence-electron chi connectivity index (χ4n) is 3.79. The van der Waals surface area contributed by atoms with E-state index in [4.69, 9.17) is 16.3 Å². The second-order valence-electron chi connectivity index (χ2n) is 8.04. The van der Waals surface area contributed by atoms with Crippen molar-refractivity contribution in [1.82, 2.24) is 0 Å². The maximum Gasteiger partial charge on any atom is 0.300 e.